The van der Waals surface area contributed by atoms with Gasteiger partial charge in [0.15, 0.2) is 0 Å². The van der Waals surface area contributed by atoms with E-state index in [0.29, 0.717) is 6.61 Å². The molecule has 21 heavy (non-hydrogen) atoms. The molecule has 2 saturated heterocycles. The zero-order valence-corrected chi connectivity index (χ0v) is 12.8. The summed E-state index contributed by atoms with van der Waals surface area (Å²) in [4.78, 5) is 0. The molecule has 0 bridgehead atoms. The largest absolute Gasteiger partial charge is 0.388 e. The Kier molecular flexibility index (Phi) is 3.50. The highest BCUT2D eigenvalue weighted by atomic mass is 32.1. The quantitative estimate of drug-likeness (QED) is 0.922. The van der Waals surface area contributed by atoms with Gasteiger partial charge in [-0.25, -0.2) is 0 Å². The van der Waals surface area contributed by atoms with Crippen LogP contribution in [0.2, 0.25) is 0 Å². The van der Waals surface area contributed by atoms with Gasteiger partial charge in [0, 0.05) is 24.3 Å². The van der Waals surface area contributed by atoms with Gasteiger partial charge in [0.2, 0.25) is 0 Å². The normalized spacial score (nSPS) is 31.0. The SMILES string of the molecule is OC(c1csc2ccccc12)C1CCOC2(CCOC2)C1. The minimum absolute atomic E-state index is 0.143. The molecule has 1 spiro atoms. The lowest BCUT2D eigenvalue weighted by Gasteiger charge is -2.39. The molecular weight excluding hydrogens is 284 g/mol. The zero-order chi connectivity index (χ0) is 14.3. The van der Waals surface area contributed by atoms with Crippen LogP contribution in [0.15, 0.2) is 29.6 Å². The third-order valence-corrected chi connectivity index (χ3v) is 5.86. The van der Waals surface area contributed by atoms with Crippen LogP contribution in [0.25, 0.3) is 10.1 Å². The number of hydrogen-bond acceptors (Lipinski definition) is 4. The van der Waals surface area contributed by atoms with E-state index in [1.54, 1.807) is 11.3 Å². The molecule has 1 aromatic heterocycles. The minimum atomic E-state index is -0.400. The van der Waals surface area contributed by atoms with Gasteiger partial charge in [-0.2, -0.15) is 0 Å². The third-order valence-electron chi connectivity index (χ3n) is 4.87. The topological polar surface area (TPSA) is 38.7 Å². The van der Waals surface area contributed by atoms with Gasteiger partial charge in [-0.3, -0.25) is 0 Å². The highest BCUT2D eigenvalue weighted by molar-refractivity contribution is 7.17. The Bertz CT molecular complexity index is 630. The molecule has 3 unspecified atom stereocenters. The summed E-state index contributed by atoms with van der Waals surface area (Å²) >= 11 is 1.71. The van der Waals surface area contributed by atoms with Gasteiger partial charge >= 0.3 is 0 Å². The molecule has 2 aliphatic heterocycles. The van der Waals surface area contributed by atoms with E-state index in [1.807, 2.05) is 12.1 Å². The molecule has 0 radical (unpaired) electrons. The lowest BCUT2D eigenvalue weighted by atomic mass is 9.80. The monoisotopic (exact) mass is 304 g/mol. The Morgan fingerprint density at radius 3 is 3.05 bits per heavy atom. The van der Waals surface area contributed by atoms with Crippen LogP contribution in [0.4, 0.5) is 0 Å². The summed E-state index contributed by atoms with van der Waals surface area (Å²) in [5.74, 6) is 0.262. The van der Waals surface area contributed by atoms with Crippen molar-refractivity contribution in [3.8, 4) is 0 Å². The Hall–Kier alpha value is -0.940. The molecule has 3 atom stereocenters. The third kappa shape index (κ3) is 2.40. The van der Waals surface area contributed by atoms with Crippen LogP contribution in [0, 0.1) is 5.92 Å². The first-order chi connectivity index (χ1) is 10.3. The standard InChI is InChI=1S/C17H20O3S/c18-16(14-10-21-15-4-2-1-3-13(14)15)12-5-7-20-17(9-12)6-8-19-11-17/h1-4,10,12,16,18H,5-9,11H2. The Morgan fingerprint density at radius 1 is 1.29 bits per heavy atom. The molecule has 2 aliphatic rings. The van der Waals surface area contributed by atoms with Gasteiger partial charge < -0.3 is 14.6 Å². The number of thiophene rings is 1. The predicted octanol–water partition coefficient (Wildman–Crippen LogP) is 3.52. The maximum absolute atomic E-state index is 10.9. The molecule has 112 valence electrons. The molecule has 3 nitrogen and oxygen atoms in total. The van der Waals surface area contributed by atoms with Crippen LogP contribution in [0.3, 0.4) is 0 Å². The molecule has 1 N–H and O–H groups in total. The van der Waals surface area contributed by atoms with E-state index in [4.69, 9.17) is 9.47 Å². The highest BCUT2D eigenvalue weighted by Gasteiger charge is 2.43. The predicted molar refractivity (Wildman–Crippen MR) is 83.6 cm³/mol. The number of ether oxygens (including phenoxy) is 2. The first-order valence-corrected chi connectivity index (χ1v) is 8.51. The molecule has 1 aromatic carbocycles. The number of benzene rings is 1. The molecule has 3 heterocycles. The number of aliphatic hydroxyl groups is 1. The minimum Gasteiger partial charge on any atom is -0.388 e. The first kappa shape index (κ1) is 13.7. The van der Waals surface area contributed by atoms with Crippen LogP contribution < -0.4 is 0 Å². The number of aliphatic hydroxyl groups excluding tert-OH is 1. The lowest BCUT2D eigenvalue weighted by Crippen LogP contribution is -2.41. The molecule has 0 saturated carbocycles. The fourth-order valence-corrected chi connectivity index (χ4v) is 4.67. The van der Waals surface area contributed by atoms with Gasteiger partial charge in [-0.1, -0.05) is 18.2 Å². The second kappa shape index (κ2) is 5.36. The van der Waals surface area contributed by atoms with E-state index < -0.39 is 6.10 Å². The van der Waals surface area contributed by atoms with Crippen LogP contribution in [0.1, 0.15) is 30.9 Å². The van der Waals surface area contributed by atoms with Crippen molar-refractivity contribution in [2.75, 3.05) is 19.8 Å². The molecule has 4 rings (SSSR count). The van der Waals surface area contributed by atoms with E-state index in [-0.39, 0.29) is 11.5 Å². The van der Waals surface area contributed by atoms with Gasteiger partial charge in [-0.05, 0) is 41.2 Å². The Morgan fingerprint density at radius 2 is 2.19 bits per heavy atom. The summed E-state index contributed by atoms with van der Waals surface area (Å²) in [5.41, 5.74) is 0.937. The maximum atomic E-state index is 10.9. The van der Waals surface area contributed by atoms with Crippen molar-refractivity contribution in [2.24, 2.45) is 5.92 Å². The van der Waals surface area contributed by atoms with E-state index in [0.717, 1.165) is 38.0 Å². The summed E-state index contributed by atoms with van der Waals surface area (Å²) < 4.78 is 12.7. The van der Waals surface area contributed by atoms with Crippen LogP contribution in [-0.4, -0.2) is 30.5 Å². The highest BCUT2D eigenvalue weighted by Crippen LogP contribution is 2.43. The number of hydrogen-bond donors (Lipinski definition) is 1. The molecule has 0 amide bonds. The van der Waals surface area contributed by atoms with E-state index in [2.05, 4.69) is 17.5 Å². The van der Waals surface area contributed by atoms with Crippen molar-refractivity contribution in [2.45, 2.75) is 31.0 Å². The van der Waals surface area contributed by atoms with Crippen LogP contribution in [-0.2, 0) is 9.47 Å². The molecule has 2 aromatic rings. The van der Waals surface area contributed by atoms with Gasteiger partial charge in [0.1, 0.15) is 0 Å². The second-order valence-corrected chi connectivity index (χ2v) is 7.13. The van der Waals surface area contributed by atoms with Crippen LogP contribution >= 0.6 is 11.3 Å². The second-order valence-electron chi connectivity index (χ2n) is 6.22. The van der Waals surface area contributed by atoms with E-state index in [1.165, 1.54) is 10.1 Å². The van der Waals surface area contributed by atoms with Crippen LogP contribution in [0.5, 0.6) is 0 Å². The average molecular weight is 304 g/mol. The van der Waals surface area contributed by atoms with Crippen molar-refractivity contribution < 1.29 is 14.6 Å². The van der Waals surface area contributed by atoms with Crippen molar-refractivity contribution in [3.63, 3.8) is 0 Å². The van der Waals surface area contributed by atoms with Crippen molar-refractivity contribution in [3.05, 3.63) is 35.2 Å². The fourth-order valence-electron chi connectivity index (χ4n) is 3.68. The summed E-state index contributed by atoms with van der Waals surface area (Å²) in [5, 5.41) is 14.2. The fraction of sp³-hybridized carbons (Fsp3) is 0.529. The van der Waals surface area contributed by atoms with Crippen molar-refractivity contribution in [1.29, 1.82) is 0 Å². The van der Waals surface area contributed by atoms with E-state index >= 15 is 0 Å². The smallest absolute Gasteiger partial charge is 0.0940 e. The summed E-state index contributed by atoms with van der Waals surface area (Å²) in [7, 11) is 0. The van der Waals surface area contributed by atoms with Gasteiger partial charge in [-0.15, -0.1) is 11.3 Å². The zero-order valence-electron chi connectivity index (χ0n) is 12.0. The average Bonchev–Trinajstić information content (AvgIpc) is 3.14. The number of fused-ring (bicyclic) bond motifs is 1. The molecular formula is C17H20O3S. The summed E-state index contributed by atoms with van der Waals surface area (Å²) in [6.07, 6.45) is 2.38. The van der Waals surface area contributed by atoms with Crippen molar-refractivity contribution in [1.82, 2.24) is 0 Å². The van der Waals surface area contributed by atoms with Gasteiger partial charge in [0.05, 0.1) is 18.3 Å². The first-order valence-electron chi connectivity index (χ1n) is 7.63. The van der Waals surface area contributed by atoms with E-state index in [9.17, 15) is 5.11 Å². The Labute approximate surface area is 128 Å². The molecule has 4 heteroatoms. The molecule has 0 aliphatic carbocycles. The van der Waals surface area contributed by atoms with Crippen molar-refractivity contribution >= 4 is 21.4 Å². The summed E-state index contributed by atoms with van der Waals surface area (Å²) in [6, 6.07) is 8.32. The summed E-state index contributed by atoms with van der Waals surface area (Å²) in [6.45, 7) is 2.19. The lowest BCUT2D eigenvalue weighted by molar-refractivity contribution is -0.117. The number of rotatable bonds is 2. The Balaban J connectivity index is 1.60. The maximum Gasteiger partial charge on any atom is 0.0940 e. The van der Waals surface area contributed by atoms with Gasteiger partial charge in [0.25, 0.3) is 0 Å². The molecule has 2 fully saturated rings.